The number of halogens is 1. The van der Waals surface area contributed by atoms with Crippen molar-refractivity contribution in [1.82, 2.24) is 4.98 Å². The lowest BCUT2D eigenvalue weighted by Crippen LogP contribution is -2.12. The lowest BCUT2D eigenvalue weighted by atomic mass is 10.1. The molecule has 0 atom stereocenters. The Hall–Kier alpha value is -1.96. The normalized spacial score (nSPS) is 11.9. The van der Waals surface area contributed by atoms with E-state index in [4.69, 9.17) is 0 Å². The van der Waals surface area contributed by atoms with Crippen LogP contribution in [0.1, 0.15) is 0 Å². The topological polar surface area (TPSA) is 59.1 Å². The zero-order valence-corrected chi connectivity index (χ0v) is 15.5. The molecule has 0 spiro atoms. The molecule has 24 heavy (non-hydrogen) atoms. The van der Waals surface area contributed by atoms with Crippen LogP contribution in [0, 0.1) is 0 Å². The number of anilines is 1. The molecule has 0 radical (unpaired) electrons. The van der Waals surface area contributed by atoms with Gasteiger partial charge in [0, 0.05) is 9.86 Å². The Morgan fingerprint density at radius 3 is 2.50 bits per heavy atom. The lowest BCUT2D eigenvalue weighted by Gasteiger charge is -2.04. The fourth-order valence-corrected chi connectivity index (χ4v) is 4.87. The largest absolute Gasteiger partial charge is 0.263 e. The van der Waals surface area contributed by atoms with Gasteiger partial charge < -0.3 is 0 Å². The van der Waals surface area contributed by atoms with Crippen LogP contribution in [0.4, 0.5) is 5.13 Å². The van der Waals surface area contributed by atoms with Gasteiger partial charge in [-0.15, -0.1) is 0 Å². The second-order valence-corrected chi connectivity index (χ2v) is 8.84. The molecule has 0 aliphatic rings. The fourth-order valence-electron chi connectivity index (χ4n) is 2.49. The van der Waals surface area contributed by atoms with Gasteiger partial charge in [-0.2, -0.15) is 0 Å². The SMILES string of the molecule is O=S(=O)(Nc1nc2c(ccc3ccccc32)s1)c1ccc(Br)cc1. The maximum atomic E-state index is 12.5. The van der Waals surface area contributed by atoms with Crippen molar-refractivity contribution in [3.05, 3.63) is 65.1 Å². The van der Waals surface area contributed by atoms with Crippen LogP contribution in [0.3, 0.4) is 0 Å². The Bertz CT molecular complexity index is 1150. The minimum atomic E-state index is -3.65. The molecule has 4 aromatic rings. The van der Waals surface area contributed by atoms with Gasteiger partial charge in [-0.25, -0.2) is 13.4 Å². The quantitative estimate of drug-likeness (QED) is 0.508. The van der Waals surface area contributed by atoms with Crippen LogP contribution >= 0.6 is 27.3 Å². The summed E-state index contributed by atoms with van der Waals surface area (Å²) in [6, 6.07) is 18.4. The number of nitrogens with zero attached hydrogens (tertiary/aromatic N) is 1. The zero-order chi connectivity index (χ0) is 16.7. The molecule has 1 aromatic heterocycles. The first kappa shape index (κ1) is 15.6. The average molecular weight is 419 g/mol. The summed E-state index contributed by atoms with van der Waals surface area (Å²) in [6.07, 6.45) is 0. The molecular formula is C17H11BrN2O2S2. The van der Waals surface area contributed by atoms with Gasteiger partial charge in [0.2, 0.25) is 0 Å². The molecule has 4 nitrogen and oxygen atoms in total. The van der Waals surface area contributed by atoms with Gasteiger partial charge in [0.15, 0.2) is 5.13 Å². The summed E-state index contributed by atoms with van der Waals surface area (Å²) >= 11 is 4.63. The van der Waals surface area contributed by atoms with Crippen molar-refractivity contribution < 1.29 is 8.42 Å². The number of benzene rings is 3. The molecule has 120 valence electrons. The Balaban J connectivity index is 1.77. The van der Waals surface area contributed by atoms with E-state index in [2.05, 4.69) is 25.6 Å². The molecule has 1 N–H and O–H groups in total. The predicted octanol–water partition coefficient (Wildman–Crippen LogP) is 5.01. The smallest absolute Gasteiger partial charge is 0.255 e. The van der Waals surface area contributed by atoms with Gasteiger partial charge in [0.1, 0.15) is 0 Å². The average Bonchev–Trinajstić information content (AvgIpc) is 2.97. The summed E-state index contributed by atoms with van der Waals surface area (Å²) in [4.78, 5) is 4.69. The van der Waals surface area contributed by atoms with E-state index in [1.807, 2.05) is 36.4 Å². The van der Waals surface area contributed by atoms with Crippen LogP contribution in [-0.4, -0.2) is 13.4 Å². The van der Waals surface area contributed by atoms with E-state index in [1.54, 1.807) is 24.3 Å². The van der Waals surface area contributed by atoms with Crippen LogP contribution in [0.25, 0.3) is 21.0 Å². The molecule has 0 saturated carbocycles. The second-order valence-electron chi connectivity index (χ2n) is 5.21. The number of fused-ring (bicyclic) bond motifs is 3. The van der Waals surface area contributed by atoms with Gasteiger partial charge in [-0.1, -0.05) is 57.6 Å². The van der Waals surface area contributed by atoms with Crippen molar-refractivity contribution >= 4 is 63.4 Å². The van der Waals surface area contributed by atoms with E-state index in [-0.39, 0.29) is 4.90 Å². The number of thiazole rings is 1. The molecule has 7 heteroatoms. The van der Waals surface area contributed by atoms with E-state index in [0.29, 0.717) is 5.13 Å². The number of hydrogen-bond acceptors (Lipinski definition) is 4. The third-order valence-electron chi connectivity index (χ3n) is 3.63. The van der Waals surface area contributed by atoms with E-state index >= 15 is 0 Å². The van der Waals surface area contributed by atoms with Crippen molar-refractivity contribution in [1.29, 1.82) is 0 Å². The standard InChI is InChI=1S/C17H11BrN2O2S2/c18-12-6-8-13(9-7-12)24(21,22)20-17-19-16-14-4-2-1-3-11(14)5-10-15(16)23-17/h1-10H,(H,19,20). The van der Waals surface area contributed by atoms with E-state index < -0.39 is 10.0 Å². The number of aromatic nitrogens is 1. The maximum absolute atomic E-state index is 12.5. The number of hydrogen-bond donors (Lipinski definition) is 1. The summed E-state index contributed by atoms with van der Waals surface area (Å²) in [5.41, 5.74) is 0.812. The number of nitrogens with one attached hydrogen (secondary N) is 1. The van der Waals surface area contributed by atoms with Crippen molar-refractivity contribution in [3.63, 3.8) is 0 Å². The van der Waals surface area contributed by atoms with Crippen molar-refractivity contribution in [2.75, 3.05) is 4.72 Å². The van der Waals surface area contributed by atoms with Crippen molar-refractivity contribution in [3.8, 4) is 0 Å². The van der Waals surface area contributed by atoms with E-state index in [9.17, 15) is 8.42 Å². The molecule has 0 amide bonds. The third-order valence-corrected chi connectivity index (χ3v) is 6.58. The van der Waals surface area contributed by atoms with Gasteiger partial charge in [-0.05, 0) is 35.7 Å². The third kappa shape index (κ3) is 2.79. The molecule has 0 unspecified atom stereocenters. The molecule has 0 fully saturated rings. The minimum absolute atomic E-state index is 0.204. The molecule has 0 aliphatic heterocycles. The van der Waals surface area contributed by atoms with Crippen LogP contribution in [-0.2, 0) is 10.0 Å². The maximum Gasteiger partial charge on any atom is 0.263 e. The first-order chi connectivity index (χ1) is 11.5. The van der Waals surface area contributed by atoms with Crippen LogP contribution in [0.2, 0.25) is 0 Å². The van der Waals surface area contributed by atoms with Crippen LogP contribution in [0.15, 0.2) is 70.0 Å². The van der Waals surface area contributed by atoms with Gasteiger partial charge in [0.05, 0.1) is 15.1 Å². The van der Waals surface area contributed by atoms with Crippen LogP contribution in [0.5, 0.6) is 0 Å². The highest BCUT2D eigenvalue weighted by atomic mass is 79.9. The first-order valence-corrected chi connectivity index (χ1v) is 10.2. The van der Waals surface area contributed by atoms with Gasteiger partial charge in [0.25, 0.3) is 10.0 Å². The summed E-state index contributed by atoms with van der Waals surface area (Å²) in [5.74, 6) is 0. The number of sulfonamides is 1. The fraction of sp³-hybridized carbons (Fsp3) is 0. The molecule has 0 bridgehead atoms. The van der Waals surface area contributed by atoms with Gasteiger partial charge >= 0.3 is 0 Å². The number of rotatable bonds is 3. The van der Waals surface area contributed by atoms with E-state index in [0.717, 1.165) is 25.5 Å². The Labute approximate surface area is 151 Å². The summed E-state index contributed by atoms with van der Waals surface area (Å²) in [5, 5.41) is 2.46. The molecular weight excluding hydrogens is 408 g/mol. The molecule has 0 aliphatic carbocycles. The molecule has 1 heterocycles. The summed E-state index contributed by atoms with van der Waals surface area (Å²) in [6.45, 7) is 0. The Kier molecular flexibility index (Phi) is 3.79. The van der Waals surface area contributed by atoms with Gasteiger partial charge in [-0.3, -0.25) is 4.72 Å². The van der Waals surface area contributed by atoms with E-state index in [1.165, 1.54) is 11.3 Å². The zero-order valence-electron chi connectivity index (χ0n) is 12.2. The van der Waals surface area contributed by atoms with Crippen LogP contribution < -0.4 is 4.72 Å². The highest BCUT2D eigenvalue weighted by Crippen LogP contribution is 2.32. The Morgan fingerprint density at radius 2 is 1.71 bits per heavy atom. The first-order valence-electron chi connectivity index (χ1n) is 7.10. The second kappa shape index (κ2) is 5.84. The summed E-state index contributed by atoms with van der Waals surface area (Å²) < 4.78 is 29.3. The predicted molar refractivity (Wildman–Crippen MR) is 102 cm³/mol. The molecule has 0 saturated heterocycles. The van der Waals surface area contributed by atoms with Crippen molar-refractivity contribution in [2.45, 2.75) is 4.90 Å². The molecule has 3 aromatic carbocycles. The highest BCUT2D eigenvalue weighted by molar-refractivity contribution is 9.10. The molecule has 4 rings (SSSR count). The van der Waals surface area contributed by atoms with Crippen molar-refractivity contribution in [2.24, 2.45) is 0 Å². The lowest BCUT2D eigenvalue weighted by molar-refractivity contribution is 0.601. The minimum Gasteiger partial charge on any atom is -0.255 e. The highest BCUT2D eigenvalue weighted by Gasteiger charge is 2.17. The summed E-state index contributed by atoms with van der Waals surface area (Å²) in [7, 11) is -3.65. The Morgan fingerprint density at radius 1 is 0.958 bits per heavy atom. The monoisotopic (exact) mass is 418 g/mol.